The van der Waals surface area contributed by atoms with E-state index in [9.17, 15) is 13.2 Å². The summed E-state index contributed by atoms with van der Waals surface area (Å²) in [7, 11) is -2.44. The number of fused-ring (bicyclic) bond motifs is 1. The van der Waals surface area contributed by atoms with Gasteiger partial charge in [-0.25, -0.2) is 13.2 Å². The minimum absolute atomic E-state index is 0.0626. The zero-order chi connectivity index (χ0) is 24.3. The average Bonchev–Trinajstić information content (AvgIpc) is 3.27. The molecule has 0 amide bonds. The van der Waals surface area contributed by atoms with E-state index < -0.39 is 10.0 Å². The third kappa shape index (κ3) is 5.40. The standard InChI is InChI=1S/C22H24N4O5S3/c1-13-12-18(25-31-13)26-34(28,29)15-10-8-14(9-11-15)23-22(32)24-20-19(21(27)30-2)16-6-4-3-5-7-17(16)33-20/h8-12H,3-7H2,1-2H3,(H,25,26)(H2,23,24,32). The summed E-state index contributed by atoms with van der Waals surface area (Å²) in [6, 6.07) is 7.59. The summed E-state index contributed by atoms with van der Waals surface area (Å²) < 4.78 is 37.4. The van der Waals surface area contributed by atoms with E-state index in [0.29, 0.717) is 22.0 Å². The molecule has 2 aromatic heterocycles. The highest BCUT2D eigenvalue weighted by molar-refractivity contribution is 7.92. The van der Waals surface area contributed by atoms with Gasteiger partial charge in [-0.2, -0.15) is 0 Å². The summed E-state index contributed by atoms with van der Waals surface area (Å²) in [5.74, 6) is 0.227. The van der Waals surface area contributed by atoms with E-state index in [0.717, 1.165) is 37.7 Å². The Labute approximate surface area is 206 Å². The largest absolute Gasteiger partial charge is 0.465 e. The number of nitrogens with one attached hydrogen (secondary N) is 3. The molecule has 0 saturated heterocycles. The van der Waals surface area contributed by atoms with Gasteiger partial charge >= 0.3 is 5.97 Å². The molecule has 2 heterocycles. The fraction of sp³-hybridized carbons (Fsp3) is 0.318. The molecule has 12 heteroatoms. The van der Waals surface area contributed by atoms with Gasteiger partial charge in [0, 0.05) is 16.6 Å². The lowest BCUT2D eigenvalue weighted by Crippen LogP contribution is -2.20. The molecule has 3 N–H and O–H groups in total. The number of carbonyl (C=O) groups is 1. The number of methoxy groups -OCH3 is 1. The molecule has 0 aliphatic heterocycles. The molecule has 0 spiro atoms. The second kappa shape index (κ2) is 10.1. The van der Waals surface area contributed by atoms with Gasteiger partial charge in [-0.1, -0.05) is 11.6 Å². The van der Waals surface area contributed by atoms with Crippen molar-refractivity contribution in [2.75, 3.05) is 22.5 Å². The lowest BCUT2D eigenvalue weighted by atomic mass is 10.1. The third-order valence-electron chi connectivity index (χ3n) is 5.33. The number of sulfonamides is 1. The van der Waals surface area contributed by atoms with Crippen molar-refractivity contribution in [1.29, 1.82) is 0 Å². The van der Waals surface area contributed by atoms with Crippen molar-refractivity contribution >= 4 is 61.2 Å². The minimum atomic E-state index is -3.82. The number of esters is 1. The highest BCUT2D eigenvalue weighted by Crippen LogP contribution is 2.38. The van der Waals surface area contributed by atoms with Crippen molar-refractivity contribution in [2.45, 2.75) is 43.9 Å². The second-order valence-corrected chi connectivity index (χ2v) is 11.0. The molecule has 0 radical (unpaired) electrons. The Morgan fingerprint density at radius 3 is 2.56 bits per heavy atom. The quantitative estimate of drug-likeness (QED) is 0.241. The van der Waals surface area contributed by atoms with E-state index in [1.165, 1.54) is 41.5 Å². The summed E-state index contributed by atoms with van der Waals surface area (Å²) in [4.78, 5) is 13.7. The highest BCUT2D eigenvalue weighted by atomic mass is 32.2. The van der Waals surface area contributed by atoms with E-state index in [1.54, 1.807) is 19.1 Å². The van der Waals surface area contributed by atoms with Crippen LogP contribution in [0, 0.1) is 6.92 Å². The Balaban J connectivity index is 1.46. The number of thiophene rings is 1. The summed E-state index contributed by atoms with van der Waals surface area (Å²) in [6.45, 7) is 1.67. The Kier molecular flexibility index (Phi) is 7.19. The number of aryl methyl sites for hydroxylation is 2. The van der Waals surface area contributed by atoms with Gasteiger partial charge in [-0.15, -0.1) is 11.3 Å². The van der Waals surface area contributed by atoms with Crippen LogP contribution in [0.25, 0.3) is 0 Å². The SMILES string of the molecule is COC(=O)c1c(NC(=S)Nc2ccc(S(=O)(=O)Nc3cc(C)on3)cc2)sc2c1CCCCC2. The van der Waals surface area contributed by atoms with Gasteiger partial charge in [-0.05, 0) is 74.7 Å². The van der Waals surface area contributed by atoms with Crippen molar-refractivity contribution in [3.63, 3.8) is 0 Å². The Hall–Kier alpha value is -2.96. The van der Waals surface area contributed by atoms with Crippen LogP contribution in [0.15, 0.2) is 39.8 Å². The van der Waals surface area contributed by atoms with E-state index in [1.807, 2.05) is 0 Å². The maximum absolute atomic E-state index is 12.5. The lowest BCUT2D eigenvalue weighted by Gasteiger charge is -2.12. The van der Waals surface area contributed by atoms with Gasteiger partial charge in [0.25, 0.3) is 10.0 Å². The predicted octanol–water partition coefficient (Wildman–Crippen LogP) is 4.71. The molecule has 1 aromatic carbocycles. The maximum atomic E-state index is 12.5. The monoisotopic (exact) mass is 520 g/mol. The van der Waals surface area contributed by atoms with Crippen molar-refractivity contribution in [2.24, 2.45) is 0 Å². The fourth-order valence-electron chi connectivity index (χ4n) is 3.74. The number of aromatic nitrogens is 1. The van der Waals surface area contributed by atoms with Crippen molar-refractivity contribution in [3.8, 4) is 0 Å². The van der Waals surface area contributed by atoms with Gasteiger partial charge in [-0.3, -0.25) is 4.72 Å². The Morgan fingerprint density at radius 1 is 1.15 bits per heavy atom. The molecule has 180 valence electrons. The van der Waals surface area contributed by atoms with E-state index in [4.69, 9.17) is 21.5 Å². The number of thiocarbonyl (C=S) groups is 1. The molecule has 34 heavy (non-hydrogen) atoms. The van der Waals surface area contributed by atoms with Crippen LogP contribution in [0.5, 0.6) is 0 Å². The smallest absolute Gasteiger partial charge is 0.341 e. The van der Waals surface area contributed by atoms with Gasteiger partial charge < -0.3 is 19.9 Å². The van der Waals surface area contributed by atoms with Gasteiger partial charge in [0.1, 0.15) is 10.8 Å². The fourth-order valence-corrected chi connectivity index (χ4v) is 6.29. The average molecular weight is 521 g/mol. The number of hydrogen-bond acceptors (Lipinski definition) is 8. The number of benzene rings is 1. The molecule has 0 fully saturated rings. The Bertz CT molecular complexity index is 1310. The van der Waals surface area contributed by atoms with Crippen LogP contribution in [0.1, 0.15) is 45.8 Å². The van der Waals surface area contributed by atoms with Gasteiger partial charge in [0.05, 0.1) is 17.6 Å². The maximum Gasteiger partial charge on any atom is 0.341 e. The number of anilines is 3. The molecule has 0 atom stereocenters. The molecule has 3 aromatic rings. The van der Waals surface area contributed by atoms with Crippen LogP contribution in [0.3, 0.4) is 0 Å². The molecule has 4 rings (SSSR count). The van der Waals surface area contributed by atoms with Crippen LogP contribution in [0.2, 0.25) is 0 Å². The minimum Gasteiger partial charge on any atom is -0.465 e. The van der Waals surface area contributed by atoms with Crippen molar-refractivity contribution in [3.05, 3.63) is 52.1 Å². The molecular weight excluding hydrogens is 496 g/mol. The van der Waals surface area contributed by atoms with E-state index >= 15 is 0 Å². The van der Waals surface area contributed by atoms with E-state index in [2.05, 4.69) is 20.5 Å². The first-order valence-corrected chi connectivity index (χ1v) is 13.3. The van der Waals surface area contributed by atoms with Gasteiger partial charge in [0.15, 0.2) is 10.9 Å². The molecule has 0 bridgehead atoms. The van der Waals surface area contributed by atoms with Crippen LogP contribution >= 0.6 is 23.6 Å². The number of ether oxygens (including phenoxy) is 1. The Morgan fingerprint density at radius 2 is 1.88 bits per heavy atom. The van der Waals surface area contributed by atoms with Crippen LogP contribution in [-0.2, 0) is 27.6 Å². The van der Waals surface area contributed by atoms with Crippen LogP contribution in [-0.4, -0.2) is 31.8 Å². The van der Waals surface area contributed by atoms with Crippen molar-refractivity contribution in [1.82, 2.24) is 5.16 Å². The number of hydrogen-bond donors (Lipinski definition) is 3. The number of nitrogens with zero attached hydrogens (tertiary/aromatic N) is 1. The third-order valence-corrected chi connectivity index (χ3v) is 8.11. The second-order valence-electron chi connectivity index (χ2n) is 7.79. The van der Waals surface area contributed by atoms with Crippen LogP contribution < -0.4 is 15.4 Å². The zero-order valence-electron chi connectivity index (χ0n) is 18.6. The lowest BCUT2D eigenvalue weighted by molar-refractivity contribution is 0.0601. The molecule has 1 aliphatic carbocycles. The first-order chi connectivity index (χ1) is 16.3. The normalized spacial score (nSPS) is 13.5. The zero-order valence-corrected chi connectivity index (χ0v) is 21.1. The molecular formula is C22H24N4O5S3. The van der Waals surface area contributed by atoms with Crippen LogP contribution in [0.4, 0.5) is 16.5 Å². The molecule has 0 saturated carbocycles. The summed E-state index contributed by atoms with van der Waals surface area (Å²) >= 11 is 6.97. The molecule has 0 unspecified atom stereocenters. The van der Waals surface area contributed by atoms with Gasteiger partial charge in [0.2, 0.25) is 0 Å². The predicted molar refractivity (Wildman–Crippen MR) is 135 cm³/mol. The summed E-state index contributed by atoms with van der Waals surface area (Å²) in [5.41, 5.74) is 2.18. The number of rotatable bonds is 6. The number of carbonyl (C=O) groups excluding carboxylic acids is 1. The summed E-state index contributed by atoms with van der Waals surface area (Å²) in [6.07, 6.45) is 5.05. The first-order valence-electron chi connectivity index (χ1n) is 10.6. The van der Waals surface area contributed by atoms with E-state index in [-0.39, 0.29) is 21.8 Å². The topological polar surface area (TPSA) is 123 Å². The molecule has 1 aliphatic rings. The van der Waals surface area contributed by atoms with Crippen molar-refractivity contribution < 1.29 is 22.5 Å². The highest BCUT2D eigenvalue weighted by Gasteiger charge is 2.26. The first kappa shape index (κ1) is 24.2. The summed E-state index contributed by atoms with van der Waals surface area (Å²) in [5, 5.41) is 10.7. The molecule has 9 nitrogen and oxygen atoms in total.